The van der Waals surface area contributed by atoms with Crippen molar-refractivity contribution >= 4 is 43.8 Å². The average Bonchev–Trinajstić information content (AvgIpc) is 2.95. The van der Waals surface area contributed by atoms with Crippen molar-refractivity contribution in [1.29, 1.82) is 0 Å². The molecule has 21 heavy (non-hydrogen) atoms. The zero-order valence-corrected chi connectivity index (χ0v) is 14.1. The summed E-state index contributed by atoms with van der Waals surface area (Å²) < 4.78 is 3.43. The Morgan fingerprint density at radius 3 is 2.81 bits per heavy atom. The van der Waals surface area contributed by atoms with E-state index in [1.807, 2.05) is 4.57 Å². The van der Waals surface area contributed by atoms with Crippen LogP contribution >= 0.6 is 31.9 Å². The molecule has 0 bridgehead atoms. The summed E-state index contributed by atoms with van der Waals surface area (Å²) >= 11 is 6.88. The van der Waals surface area contributed by atoms with Crippen molar-refractivity contribution in [3.63, 3.8) is 0 Å². The van der Waals surface area contributed by atoms with E-state index in [-0.39, 0.29) is 24.0 Å². The number of nitrogens with zero attached hydrogens (tertiary/aromatic N) is 2. The number of hydrogen-bond acceptors (Lipinski definition) is 3. The van der Waals surface area contributed by atoms with Crippen LogP contribution in [0.3, 0.4) is 0 Å². The molecule has 4 rings (SSSR count). The molecule has 1 saturated carbocycles. The van der Waals surface area contributed by atoms with Crippen molar-refractivity contribution in [1.82, 2.24) is 20.1 Å². The van der Waals surface area contributed by atoms with Gasteiger partial charge in [0, 0.05) is 13.5 Å². The number of aromatic nitrogens is 1. The van der Waals surface area contributed by atoms with E-state index in [0.29, 0.717) is 12.1 Å². The van der Waals surface area contributed by atoms with E-state index in [0.717, 1.165) is 9.08 Å². The highest BCUT2D eigenvalue weighted by atomic mass is 79.9. The Morgan fingerprint density at radius 1 is 1.38 bits per heavy atom. The first-order valence-electron chi connectivity index (χ1n) is 6.48. The first-order valence-corrected chi connectivity index (χ1v) is 8.07. The van der Waals surface area contributed by atoms with E-state index in [9.17, 15) is 14.7 Å². The second kappa shape index (κ2) is 4.02. The SMILES string of the molecule is CN1C(=O)N[C@H]2[C@@H]3NC(=O)c4cc(Br)c(Br)n4[C@@H]3C[C@]21O. The number of aliphatic hydroxyl groups is 1. The van der Waals surface area contributed by atoms with Crippen molar-refractivity contribution in [2.45, 2.75) is 30.3 Å². The summed E-state index contributed by atoms with van der Waals surface area (Å²) in [5.41, 5.74) is -0.759. The first kappa shape index (κ1) is 13.6. The van der Waals surface area contributed by atoms with Crippen LogP contribution in [0.5, 0.6) is 0 Å². The molecule has 1 aromatic heterocycles. The third kappa shape index (κ3) is 1.51. The van der Waals surface area contributed by atoms with Crippen LogP contribution in [-0.4, -0.2) is 51.4 Å². The number of carbonyl (C=O) groups excluding carboxylic acids is 2. The largest absolute Gasteiger partial charge is 0.368 e. The normalized spacial score (nSPS) is 37.0. The topological polar surface area (TPSA) is 86.6 Å². The molecule has 3 N–H and O–H groups in total. The van der Waals surface area contributed by atoms with Gasteiger partial charge in [0.1, 0.15) is 11.7 Å². The number of hydrogen-bond donors (Lipinski definition) is 3. The van der Waals surface area contributed by atoms with Crippen molar-refractivity contribution in [3.05, 3.63) is 20.8 Å². The van der Waals surface area contributed by atoms with Gasteiger partial charge in [0.05, 0.1) is 21.2 Å². The minimum atomic E-state index is -1.29. The summed E-state index contributed by atoms with van der Waals surface area (Å²) in [7, 11) is 1.57. The van der Waals surface area contributed by atoms with Crippen LogP contribution in [0.1, 0.15) is 23.0 Å². The maximum atomic E-state index is 12.3. The first-order chi connectivity index (χ1) is 9.84. The number of fused-ring (bicyclic) bond motifs is 5. The quantitative estimate of drug-likeness (QED) is 0.580. The van der Waals surface area contributed by atoms with Gasteiger partial charge in [-0.3, -0.25) is 9.69 Å². The van der Waals surface area contributed by atoms with Crippen molar-refractivity contribution in [2.24, 2.45) is 0 Å². The molecule has 2 fully saturated rings. The monoisotopic (exact) mass is 418 g/mol. The highest BCUT2D eigenvalue weighted by Gasteiger charge is 2.63. The lowest BCUT2D eigenvalue weighted by Crippen LogP contribution is -2.56. The Bertz CT molecular complexity index is 690. The Balaban J connectivity index is 1.85. The molecule has 112 valence electrons. The molecule has 1 aliphatic carbocycles. The molecule has 4 atom stereocenters. The van der Waals surface area contributed by atoms with Crippen LogP contribution < -0.4 is 10.6 Å². The Kier molecular flexibility index (Phi) is 2.60. The number of rotatable bonds is 0. The standard InChI is InChI=1S/C12H12Br2N4O3/c1-17-11(20)16-8-7-6(3-12(8,17)21)18-5(10(19)15-7)2-4(13)9(18)14/h2,6-8,21H,3H2,1H3,(H,15,19)(H,16,20)/t6-,7-,8+,12+/m1/s1. The van der Waals surface area contributed by atoms with Gasteiger partial charge in [-0.1, -0.05) is 0 Å². The van der Waals surface area contributed by atoms with Crippen molar-refractivity contribution in [2.75, 3.05) is 7.05 Å². The fourth-order valence-electron chi connectivity index (χ4n) is 3.65. The third-order valence-electron chi connectivity index (χ3n) is 4.74. The third-order valence-corrected chi connectivity index (χ3v) is 6.69. The predicted molar refractivity (Wildman–Crippen MR) is 79.8 cm³/mol. The minimum absolute atomic E-state index is 0.128. The molecule has 3 heterocycles. The highest BCUT2D eigenvalue weighted by molar-refractivity contribution is 9.13. The smallest absolute Gasteiger partial charge is 0.319 e. The number of halogens is 2. The van der Waals surface area contributed by atoms with Crippen molar-refractivity contribution in [3.8, 4) is 0 Å². The van der Waals surface area contributed by atoms with Gasteiger partial charge in [-0.25, -0.2) is 4.79 Å². The Morgan fingerprint density at radius 2 is 2.10 bits per heavy atom. The van der Waals surface area contributed by atoms with Crippen LogP contribution in [0.2, 0.25) is 0 Å². The fourth-order valence-corrected chi connectivity index (χ4v) is 4.63. The van der Waals surface area contributed by atoms with Gasteiger partial charge in [-0.05, 0) is 37.9 Å². The summed E-state index contributed by atoms with van der Waals surface area (Å²) in [4.78, 5) is 25.4. The number of nitrogens with one attached hydrogen (secondary N) is 2. The molecule has 1 aromatic rings. The van der Waals surface area contributed by atoms with E-state index in [1.54, 1.807) is 13.1 Å². The molecule has 3 amide bonds. The van der Waals surface area contributed by atoms with Gasteiger partial charge < -0.3 is 20.3 Å². The van der Waals surface area contributed by atoms with E-state index in [4.69, 9.17) is 0 Å². The van der Waals surface area contributed by atoms with Gasteiger partial charge in [0.15, 0.2) is 5.72 Å². The average molecular weight is 420 g/mol. The summed E-state index contributed by atoms with van der Waals surface area (Å²) in [5, 5.41) is 16.5. The predicted octanol–water partition coefficient (Wildman–Crippen LogP) is 0.782. The summed E-state index contributed by atoms with van der Waals surface area (Å²) in [6.07, 6.45) is 0.352. The van der Waals surface area contributed by atoms with Gasteiger partial charge in [-0.15, -0.1) is 0 Å². The second-order valence-electron chi connectivity index (χ2n) is 5.67. The molecule has 9 heteroatoms. The summed E-state index contributed by atoms with van der Waals surface area (Å²) in [5.74, 6) is -0.212. The summed E-state index contributed by atoms with van der Waals surface area (Å²) in [6, 6.07) is 0.422. The van der Waals surface area contributed by atoms with E-state index in [2.05, 4.69) is 42.5 Å². The molecule has 7 nitrogen and oxygen atoms in total. The highest BCUT2D eigenvalue weighted by Crippen LogP contribution is 2.47. The number of carbonyl (C=O) groups is 2. The molecule has 2 aliphatic heterocycles. The zero-order chi connectivity index (χ0) is 15.1. The lowest BCUT2D eigenvalue weighted by Gasteiger charge is -2.32. The molecule has 0 radical (unpaired) electrons. The maximum Gasteiger partial charge on any atom is 0.319 e. The number of likely N-dealkylation sites (N-methyl/N-ethyl adjacent to an activating group) is 1. The van der Waals surface area contributed by atoms with E-state index < -0.39 is 11.8 Å². The van der Waals surface area contributed by atoms with E-state index >= 15 is 0 Å². The van der Waals surface area contributed by atoms with Crippen LogP contribution in [-0.2, 0) is 0 Å². The van der Waals surface area contributed by atoms with Gasteiger partial charge in [0.2, 0.25) is 0 Å². The molecule has 0 unspecified atom stereocenters. The van der Waals surface area contributed by atoms with Crippen LogP contribution in [0.15, 0.2) is 15.1 Å². The van der Waals surface area contributed by atoms with Crippen LogP contribution in [0.25, 0.3) is 0 Å². The minimum Gasteiger partial charge on any atom is -0.368 e. The molecule has 0 spiro atoms. The Labute approximate surface area is 136 Å². The molecular formula is C12H12Br2N4O3. The molecule has 0 aromatic carbocycles. The van der Waals surface area contributed by atoms with Crippen LogP contribution in [0.4, 0.5) is 4.79 Å². The number of amides is 3. The zero-order valence-electron chi connectivity index (χ0n) is 10.9. The van der Waals surface area contributed by atoms with Gasteiger partial charge >= 0.3 is 6.03 Å². The van der Waals surface area contributed by atoms with Crippen molar-refractivity contribution < 1.29 is 14.7 Å². The lowest BCUT2D eigenvalue weighted by molar-refractivity contribution is -0.0561. The Hall–Kier alpha value is -1.06. The number of urea groups is 1. The molecule has 1 saturated heterocycles. The maximum absolute atomic E-state index is 12.3. The molecule has 3 aliphatic rings. The summed E-state index contributed by atoms with van der Waals surface area (Å²) in [6.45, 7) is 0. The van der Waals surface area contributed by atoms with Crippen LogP contribution in [0, 0.1) is 0 Å². The van der Waals surface area contributed by atoms with Gasteiger partial charge in [-0.2, -0.15) is 0 Å². The van der Waals surface area contributed by atoms with E-state index in [1.165, 1.54) is 4.90 Å². The fraction of sp³-hybridized carbons (Fsp3) is 0.500. The second-order valence-corrected chi connectivity index (χ2v) is 7.28. The molecular weight excluding hydrogens is 408 g/mol. The van der Waals surface area contributed by atoms with Gasteiger partial charge in [0.25, 0.3) is 5.91 Å². The lowest BCUT2D eigenvalue weighted by atomic mass is 10.1.